The number of unbranched alkanes of at least 4 members (excludes halogenated alkanes) is 1. The number of sulfonamides is 1. The van der Waals surface area contributed by atoms with Gasteiger partial charge in [-0.3, -0.25) is 4.79 Å². The number of hydrogen-bond acceptors (Lipinski definition) is 3. The van der Waals surface area contributed by atoms with Crippen molar-refractivity contribution in [3.8, 4) is 0 Å². The predicted octanol–water partition coefficient (Wildman–Crippen LogP) is 4.75. The third-order valence-corrected chi connectivity index (χ3v) is 6.76. The molecule has 9 heteroatoms. The highest BCUT2D eigenvalue weighted by Crippen LogP contribution is 2.25. The first-order valence-corrected chi connectivity index (χ1v) is 11.3. The summed E-state index contributed by atoms with van der Waals surface area (Å²) in [5.74, 6) is -0.369. The van der Waals surface area contributed by atoms with Gasteiger partial charge in [-0.1, -0.05) is 54.2 Å². The van der Waals surface area contributed by atoms with Crippen molar-refractivity contribution in [2.45, 2.75) is 31.2 Å². The number of carbonyl (C=O) groups is 1. The highest BCUT2D eigenvalue weighted by atomic mass is 35.5. The number of hydrogen-bond donors (Lipinski definition) is 1. The van der Waals surface area contributed by atoms with E-state index in [0.717, 1.165) is 17.1 Å². The first-order valence-electron chi connectivity index (χ1n) is 8.70. The van der Waals surface area contributed by atoms with Crippen LogP contribution < -0.4 is 5.32 Å². The fraction of sp³-hybridized carbons (Fsp3) is 0.316. The molecule has 0 radical (unpaired) electrons. The highest BCUT2D eigenvalue weighted by molar-refractivity contribution is 7.89. The number of nitrogens with zero attached hydrogens (tertiary/aromatic N) is 1. The van der Waals surface area contributed by atoms with Crippen molar-refractivity contribution in [1.29, 1.82) is 0 Å². The molecule has 2 aromatic rings. The van der Waals surface area contributed by atoms with Crippen molar-refractivity contribution in [3.63, 3.8) is 0 Å². The van der Waals surface area contributed by atoms with Crippen LogP contribution in [0, 0.1) is 0 Å². The molecule has 0 heterocycles. The molecule has 0 aromatic heterocycles. The Morgan fingerprint density at radius 3 is 2.32 bits per heavy atom. The van der Waals surface area contributed by atoms with Gasteiger partial charge in [-0.2, -0.15) is 4.31 Å². The van der Waals surface area contributed by atoms with Crippen molar-refractivity contribution in [2.75, 3.05) is 13.1 Å². The molecule has 152 valence electrons. The Bertz CT molecular complexity index is 919. The molecule has 2 rings (SSSR count). The van der Waals surface area contributed by atoms with E-state index in [4.69, 9.17) is 34.8 Å². The largest absolute Gasteiger partial charge is 0.355 e. The second-order valence-electron chi connectivity index (χ2n) is 6.18. The maximum Gasteiger partial charge on any atom is 0.243 e. The predicted molar refractivity (Wildman–Crippen MR) is 113 cm³/mol. The van der Waals surface area contributed by atoms with E-state index in [0.29, 0.717) is 27.2 Å². The summed E-state index contributed by atoms with van der Waals surface area (Å²) in [6.45, 7) is 2.17. The minimum atomic E-state index is -3.93. The lowest BCUT2D eigenvalue weighted by molar-refractivity contribution is -0.121. The molecule has 0 saturated carbocycles. The Kier molecular flexibility index (Phi) is 8.58. The molecule has 0 aliphatic heterocycles. The molecule has 0 spiro atoms. The van der Waals surface area contributed by atoms with Gasteiger partial charge in [0.05, 0.1) is 21.5 Å². The summed E-state index contributed by atoms with van der Waals surface area (Å²) in [7, 11) is -3.93. The molecule has 0 bridgehead atoms. The highest BCUT2D eigenvalue weighted by Gasteiger charge is 2.27. The lowest BCUT2D eigenvalue weighted by Crippen LogP contribution is -2.40. The average Bonchev–Trinajstić information content (AvgIpc) is 2.64. The van der Waals surface area contributed by atoms with Gasteiger partial charge < -0.3 is 5.32 Å². The van der Waals surface area contributed by atoms with Gasteiger partial charge in [-0.15, -0.1) is 0 Å². The van der Waals surface area contributed by atoms with Crippen LogP contribution in [-0.2, 0) is 21.4 Å². The Balaban J connectivity index is 2.30. The quantitative estimate of drug-likeness (QED) is 0.546. The first-order chi connectivity index (χ1) is 13.2. The van der Waals surface area contributed by atoms with E-state index in [1.165, 1.54) is 24.3 Å². The number of nitrogens with one attached hydrogen (secondary N) is 1. The molecular weight excluding hydrogens is 443 g/mol. The summed E-state index contributed by atoms with van der Waals surface area (Å²) in [4.78, 5) is 12.3. The summed E-state index contributed by atoms with van der Waals surface area (Å²) in [6.07, 6.45) is 1.75. The molecule has 1 N–H and O–H groups in total. The van der Waals surface area contributed by atoms with Gasteiger partial charge in [-0.25, -0.2) is 8.42 Å². The second kappa shape index (κ2) is 10.5. The van der Waals surface area contributed by atoms with E-state index in [2.05, 4.69) is 5.32 Å². The van der Waals surface area contributed by atoms with E-state index in [9.17, 15) is 13.2 Å². The van der Waals surface area contributed by atoms with Crippen molar-refractivity contribution in [3.05, 3.63) is 63.1 Å². The van der Waals surface area contributed by atoms with E-state index in [1.807, 2.05) is 6.92 Å². The van der Waals surface area contributed by atoms with Gasteiger partial charge in [0, 0.05) is 18.1 Å². The maximum atomic E-state index is 13.1. The lowest BCUT2D eigenvalue weighted by atomic mass is 10.2. The van der Waals surface area contributed by atoms with Gasteiger partial charge in [0.1, 0.15) is 0 Å². The SMILES string of the molecule is CCCCNC(=O)CN(Cc1ccc(Cl)c(Cl)c1)S(=O)(=O)c1ccc(Cl)cc1. The zero-order valence-corrected chi connectivity index (χ0v) is 18.4. The van der Waals surface area contributed by atoms with E-state index < -0.39 is 10.0 Å². The number of carbonyl (C=O) groups excluding carboxylic acids is 1. The topological polar surface area (TPSA) is 66.5 Å². The number of amides is 1. The first kappa shape index (κ1) is 23.0. The van der Waals surface area contributed by atoms with Crippen LogP contribution in [-0.4, -0.2) is 31.7 Å². The van der Waals surface area contributed by atoms with Crippen molar-refractivity contribution in [2.24, 2.45) is 0 Å². The monoisotopic (exact) mass is 462 g/mol. The maximum absolute atomic E-state index is 13.1. The Labute approximate surface area is 180 Å². The minimum Gasteiger partial charge on any atom is -0.355 e. The molecule has 0 saturated heterocycles. The molecule has 2 aromatic carbocycles. The van der Waals surface area contributed by atoms with Gasteiger partial charge in [-0.05, 0) is 48.4 Å². The molecule has 0 unspecified atom stereocenters. The second-order valence-corrected chi connectivity index (χ2v) is 9.37. The average molecular weight is 464 g/mol. The zero-order valence-electron chi connectivity index (χ0n) is 15.3. The fourth-order valence-electron chi connectivity index (χ4n) is 2.44. The standard InChI is InChI=1S/C19H21Cl3N2O3S/c1-2-3-10-23-19(25)13-24(12-14-4-9-17(21)18(22)11-14)28(26,27)16-7-5-15(20)6-8-16/h4-9,11H,2-3,10,12-13H2,1H3,(H,23,25). The van der Waals surface area contributed by atoms with E-state index in [-0.39, 0.29) is 23.9 Å². The van der Waals surface area contributed by atoms with Gasteiger partial charge in [0.15, 0.2) is 0 Å². The van der Waals surface area contributed by atoms with Gasteiger partial charge >= 0.3 is 0 Å². The third-order valence-electron chi connectivity index (χ3n) is 3.97. The van der Waals surface area contributed by atoms with Crippen LogP contribution in [0.3, 0.4) is 0 Å². The molecule has 28 heavy (non-hydrogen) atoms. The Morgan fingerprint density at radius 1 is 1.04 bits per heavy atom. The number of benzene rings is 2. The normalized spacial score (nSPS) is 11.6. The summed E-state index contributed by atoms with van der Waals surface area (Å²) < 4.78 is 27.3. The van der Waals surface area contributed by atoms with Crippen LogP contribution in [0.15, 0.2) is 47.4 Å². The molecule has 0 fully saturated rings. The van der Waals surface area contributed by atoms with Crippen LogP contribution >= 0.6 is 34.8 Å². The number of rotatable bonds is 9. The van der Waals surface area contributed by atoms with Crippen LogP contribution in [0.25, 0.3) is 0 Å². The molecule has 5 nitrogen and oxygen atoms in total. The summed E-state index contributed by atoms with van der Waals surface area (Å²) >= 11 is 17.8. The molecule has 0 aliphatic carbocycles. The fourth-order valence-corrected chi connectivity index (χ4v) is 4.27. The van der Waals surface area contributed by atoms with Crippen LogP contribution in [0.2, 0.25) is 15.1 Å². The third kappa shape index (κ3) is 6.36. The molecule has 0 aliphatic rings. The molecule has 0 atom stereocenters. The van der Waals surface area contributed by atoms with Crippen LogP contribution in [0.1, 0.15) is 25.3 Å². The minimum absolute atomic E-state index is 0.0248. The summed E-state index contributed by atoms with van der Waals surface area (Å²) in [5, 5.41) is 3.85. The van der Waals surface area contributed by atoms with Crippen molar-refractivity contribution in [1.82, 2.24) is 9.62 Å². The lowest BCUT2D eigenvalue weighted by Gasteiger charge is -2.22. The summed E-state index contributed by atoms with van der Waals surface area (Å²) in [5.41, 5.74) is 0.619. The summed E-state index contributed by atoms with van der Waals surface area (Å²) in [6, 6.07) is 10.7. The molecule has 1 amide bonds. The molecular formula is C19H21Cl3N2O3S. The van der Waals surface area contributed by atoms with E-state index >= 15 is 0 Å². The van der Waals surface area contributed by atoms with Crippen LogP contribution in [0.5, 0.6) is 0 Å². The van der Waals surface area contributed by atoms with Crippen molar-refractivity contribution < 1.29 is 13.2 Å². The Hall–Kier alpha value is -1.31. The van der Waals surface area contributed by atoms with Gasteiger partial charge in [0.25, 0.3) is 0 Å². The zero-order chi connectivity index (χ0) is 20.7. The van der Waals surface area contributed by atoms with Crippen molar-refractivity contribution >= 4 is 50.7 Å². The Morgan fingerprint density at radius 2 is 1.71 bits per heavy atom. The van der Waals surface area contributed by atoms with Crippen LogP contribution in [0.4, 0.5) is 0 Å². The van der Waals surface area contributed by atoms with Gasteiger partial charge in [0.2, 0.25) is 15.9 Å². The smallest absolute Gasteiger partial charge is 0.243 e. The number of halogens is 3. The van der Waals surface area contributed by atoms with E-state index in [1.54, 1.807) is 18.2 Å².